The molecule has 8 heteroatoms. The Balaban J connectivity index is 1.32. The normalized spacial score (nSPS) is 26.5. The molecule has 2 atom stereocenters. The highest BCUT2D eigenvalue weighted by molar-refractivity contribution is 5.92. The van der Waals surface area contributed by atoms with E-state index < -0.39 is 0 Å². The van der Waals surface area contributed by atoms with Crippen molar-refractivity contribution >= 4 is 11.8 Å². The molecule has 1 aromatic rings. The number of aliphatic hydroxyl groups excluding tert-OH is 1. The van der Waals surface area contributed by atoms with Crippen molar-refractivity contribution in [3.8, 4) is 0 Å². The molecular formula is C20H31N5O3. The first-order valence-corrected chi connectivity index (χ1v) is 10.6. The van der Waals surface area contributed by atoms with E-state index in [1.807, 2.05) is 4.90 Å². The summed E-state index contributed by atoms with van der Waals surface area (Å²) in [6, 6.07) is 2.21. The molecule has 1 saturated carbocycles. The quantitative estimate of drug-likeness (QED) is 0.639. The number of piperidine rings is 1. The van der Waals surface area contributed by atoms with Gasteiger partial charge in [0.25, 0.3) is 5.91 Å². The molecular weight excluding hydrogens is 358 g/mol. The molecule has 0 spiro atoms. The number of carbonyl (C=O) groups is 2. The third-order valence-corrected chi connectivity index (χ3v) is 6.41. The minimum absolute atomic E-state index is 0.129. The summed E-state index contributed by atoms with van der Waals surface area (Å²) in [6.07, 6.45) is 7.78. The molecule has 8 nitrogen and oxygen atoms in total. The van der Waals surface area contributed by atoms with Crippen molar-refractivity contribution in [2.24, 2.45) is 5.92 Å². The van der Waals surface area contributed by atoms with Gasteiger partial charge in [-0.05, 0) is 50.5 Å². The molecule has 1 aromatic heterocycles. The van der Waals surface area contributed by atoms with Crippen LogP contribution >= 0.6 is 0 Å². The van der Waals surface area contributed by atoms with Gasteiger partial charge in [-0.3, -0.25) is 19.6 Å². The molecule has 2 aliphatic heterocycles. The number of aromatic nitrogens is 2. The first kappa shape index (κ1) is 19.4. The number of rotatable bonds is 7. The SMILES string of the molecule is O=C(NC[C@@H]1CC[C@H](CC(=O)N2CCC(O)CC2)N1CC1CC1)c1ccn[nH]1. The Morgan fingerprint density at radius 2 is 1.89 bits per heavy atom. The second-order valence-electron chi connectivity index (χ2n) is 8.52. The predicted octanol–water partition coefficient (Wildman–Crippen LogP) is 0.756. The molecule has 3 fully saturated rings. The zero-order chi connectivity index (χ0) is 19.5. The van der Waals surface area contributed by atoms with Gasteiger partial charge in [0.05, 0.1) is 6.10 Å². The molecule has 0 bridgehead atoms. The van der Waals surface area contributed by atoms with Gasteiger partial charge < -0.3 is 15.3 Å². The van der Waals surface area contributed by atoms with Crippen molar-refractivity contribution in [1.29, 1.82) is 0 Å². The Morgan fingerprint density at radius 3 is 2.57 bits per heavy atom. The molecule has 3 aliphatic rings. The van der Waals surface area contributed by atoms with Crippen LogP contribution < -0.4 is 5.32 Å². The highest BCUT2D eigenvalue weighted by Gasteiger charge is 2.38. The summed E-state index contributed by atoms with van der Waals surface area (Å²) in [5, 5.41) is 19.2. The van der Waals surface area contributed by atoms with E-state index in [0.717, 1.165) is 25.3 Å². The summed E-state index contributed by atoms with van der Waals surface area (Å²) in [4.78, 5) is 29.4. The predicted molar refractivity (Wildman–Crippen MR) is 104 cm³/mol. The van der Waals surface area contributed by atoms with E-state index in [9.17, 15) is 14.7 Å². The number of likely N-dealkylation sites (tertiary alicyclic amines) is 2. The lowest BCUT2D eigenvalue weighted by Gasteiger charge is -2.33. The van der Waals surface area contributed by atoms with Gasteiger partial charge in [0, 0.05) is 50.9 Å². The first-order valence-electron chi connectivity index (χ1n) is 10.6. The van der Waals surface area contributed by atoms with Gasteiger partial charge in [0.2, 0.25) is 5.91 Å². The zero-order valence-corrected chi connectivity index (χ0v) is 16.3. The van der Waals surface area contributed by atoms with Crippen LogP contribution in [0.4, 0.5) is 0 Å². The molecule has 0 radical (unpaired) electrons. The minimum atomic E-state index is -0.259. The maximum atomic E-state index is 12.8. The summed E-state index contributed by atoms with van der Waals surface area (Å²) in [5.41, 5.74) is 0.478. The van der Waals surface area contributed by atoms with E-state index in [0.29, 0.717) is 44.6 Å². The Labute approximate surface area is 165 Å². The van der Waals surface area contributed by atoms with Crippen LogP contribution in [-0.2, 0) is 4.79 Å². The summed E-state index contributed by atoms with van der Waals surface area (Å²) in [6.45, 7) is 2.96. The third-order valence-electron chi connectivity index (χ3n) is 6.41. The lowest BCUT2D eigenvalue weighted by atomic mass is 10.1. The molecule has 1 aliphatic carbocycles. The molecule has 0 aromatic carbocycles. The Bertz CT molecular complexity index is 667. The van der Waals surface area contributed by atoms with Crippen molar-refractivity contribution in [3.63, 3.8) is 0 Å². The monoisotopic (exact) mass is 389 g/mol. The zero-order valence-electron chi connectivity index (χ0n) is 16.3. The van der Waals surface area contributed by atoms with Crippen molar-refractivity contribution in [1.82, 2.24) is 25.3 Å². The summed E-state index contributed by atoms with van der Waals surface area (Å²) >= 11 is 0. The lowest BCUT2D eigenvalue weighted by Crippen LogP contribution is -2.47. The smallest absolute Gasteiger partial charge is 0.269 e. The van der Waals surface area contributed by atoms with Crippen molar-refractivity contribution < 1.29 is 14.7 Å². The molecule has 2 amide bonds. The number of aromatic amines is 1. The molecule has 28 heavy (non-hydrogen) atoms. The van der Waals surface area contributed by atoms with E-state index in [1.165, 1.54) is 12.8 Å². The van der Waals surface area contributed by atoms with Gasteiger partial charge in [-0.1, -0.05) is 0 Å². The summed E-state index contributed by atoms with van der Waals surface area (Å²) in [7, 11) is 0. The number of carbonyl (C=O) groups excluding carboxylic acids is 2. The molecule has 0 unspecified atom stereocenters. The fourth-order valence-electron chi connectivity index (χ4n) is 4.48. The number of nitrogens with one attached hydrogen (secondary N) is 2. The highest BCUT2D eigenvalue weighted by Crippen LogP contribution is 2.35. The van der Waals surface area contributed by atoms with Crippen LogP contribution in [0.1, 0.15) is 55.4 Å². The molecule has 2 saturated heterocycles. The van der Waals surface area contributed by atoms with Crippen LogP contribution in [-0.4, -0.2) is 81.3 Å². The van der Waals surface area contributed by atoms with Crippen LogP contribution in [0.3, 0.4) is 0 Å². The number of hydrogen-bond acceptors (Lipinski definition) is 5. The number of H-pyrrole nitrogens is 1. The minimum Gasteiger partial charge on any atom is -0.393 e. The van der Waals surface area contributed by atoms with Crippen LogP contribution in [0.15, 0.2) is 12.3 Å². The van der Waals surface area contributed by atoms with Crippen molar-refractivity contribution in [2.75, 3.05) is 26.2 Å². The highest BCUT2D eigenvalue weighted by atomic mass is 16.3. The Morgan fingerprint density at radius 1 is 1.14 bits per heavy atom. The van der Waals surface area contributed by atoms with Gasteiger partial charge >= 0.3 is 0 Å². The average Bonchev–Trinajstić information content (AvgIpc) is 3.19. The van der Waals surface area contributed by atoms with E-state index in [-0.39, 0.29) is 30.0 Å². The Kier molecular flexibility index (Phi) is 5.96. The van der Waals surface area contributed by atoms with Crippen LogP contribution in [0.25, 0.3) is 0 Å². The Hall–Kier alpha value is -1.93. The van der Waals surface area contributed by atoms with Crippen molar-refractivity contribution in [3.05, 3.63) is 18.0 Å². The fraction of sp³-hybridized carbons (Fsp3) is 0.750. The summed E-state index contributed by atoms with van der Waals surface area (Å²) in [5.74, 6) is 0.821. The van der Waals surface area contributed by atoms with Gasteiger partial charge in [0.15, 0.2) is 0 Å². The van der Waals surface area contributed by atoms with Crippen LogP contribution in [0.5, 0.6) is 0 Å². The third kappa shape index (κ3) is 4.72. The molecule has 3 heterocycles. The average molecular weight is 390 g/mol. The number of nitrogens with zero attached hydrogens (tertiary/aromatic N) is 3. The standard InChI is InChI=1S/C20H31N5O3/c26-17-6-9-24(10-7-17)19(27)11-15-3-4-16(25(15)13-14-1-2-14)12-21-20(28)18-5-8-22-23-18/h5,8,14-17,26H,1-4,6-7,9-13H2,(H,21,28)(H,22,23)/t15-,16+/m1/s1. The van der Waals surface area contributed by atoms with Gasteiger partial charge in [-0.2, -0.15) is 5.10 Å². The molecule has 3 N–H and O–H groups in total. The number of amides is 2. The largest absolute Gasteiger partial charge is 0.393 e. The maximum Gasteiger partial charge on any atom is 0.269 e. The molecule has 4 rings (SSSR count). The number of hydrogen-bond donors (Lipinski definition) is 3. The van der Waals surface area contributed by atoms with E-state index >= 15 is 0 Å². The van der Waals surface area contributed by atoms with Gasteiger partial charge in [-0.15, -0.1) is 0 Å². The van der Waals surface area contributed by atoms with Crippen LogP contribution in [0.2, 0.25) is 0 Å². The molecule has 154 valence electrons. The van der Waals surface area contributed by atoms with Crippen molar-refractivity contribution in [2.45, 2.75) is 63.1 Å². The second-order valence-corrected chi connectivity index (χ2v) is 8.52. The lowest BCUT2D eigenvalue weighted by molar-refractivity contribution is -0.134. The van der Waals surface area contributed by atoms with Gasteiger partial charge in [0.1, 0.15) is 5.69 Å². The number of aliphatic hydroxyl groups is 1. The first-order chi connectivity index (χ1) is 13.6. The summed E-state index contributed by atoms with van der Waals surface area (Å²) < 4.78 is 0. The van der Waals surface area contributed by atoms with E-state index in [1.54, 1.807) is 12.3 Å². The van der Waals surface area contributed by atoms with E-state index in [4.69, 9.17) is 0 Å². The van der Waals surface area contributed by atoms with Gasteiger partial charge in [-0.25, -0.2) is 0 Å². The van der Waals surface area contributed by atoms with Crippen LogP contribution in [0, 0.1) is 5.92 Å². The maximum absolute atomic E-state index is 12.8. The second kappa shape index (κ2) is 8.61. The fourth-order valence-corrected chi connectivity index (χ4v) is 4.48. The van der Waals surface area contributed by atoms with E-state index in [2.05, 4.69) is 20.4 Å². The topological polar surface area (TPSA) is 102 Å².